The molecule has 0 saturated carbocycles. The molecule has 0 amide bonds. The smallest absolute Gasteiger partial charge is 0.257 e. The molecule has 6 nitrogen and oxygen atoms in total. The molecule has 23 heavy (non-hydrogen) atoms. The molecule has 122 valence electrons. The van der Waals surface area contributed by atoms with Gasteiger partial charge < -0.3 is 14.4 Å². The maximum Gasteiger partial charge on any atom is 0.257 e. The van der Waals surface area contributed by atoms with Crippen molar-refractivity contribution in [2.24, 2.45) is 0 Å². The van der Waals surface area contributed by atoms with E-state index < -0.39 is 0 Å². The summed E-state index contributed by atoms with van der Waals surface area (Å²) in [6.45, 7) is 2.88. The standard InChI is InChI=1S/C16H19N5O.ClH/c1-12(17-2)9-15-19-16(22-20-15)14-5-3-13(4-6-14)10-21-8-7-18-11-21;/h3-8,11-12,17H,9-10H2,1-2H3;1H. The van der Waals surface area contributed by atoms with Crippen LogP contribution in [0.2, 0.25) is 0 Å². The Labute approximate surface area is 141 Å². The second-order valence-corrected chi connectivity index (χ2v) is 5.34. The van der Waals surface area contributed by atoms with Crippen molar-refractivity contribution < 1.29 is 4.52 Å². The minimum Gasteiger partial charge on any atom is -0.334 e. The van der Waals surface area contributed by atoms with Crippen LogP contribution in [0.3, 0.4) is 0 Å². The molecule has 1 unspecified atom stereocenters. The number of halogens is 1. The molecule has 7 heteroatoms. The van der Waals surface area contributed by atoms with Gasteiger partial charge in [0.1, 0.15) is 0 Å². The van der Waals surface area contributed by atoms with E-state index in [2.05, 4.69) is 39.5 Å². The van der Waals surface area contributed by atoms with E-state index in [4.69, 9.17) is 4.52 Å². The summed E-state index contributed by atoms with van der Waals surface area (Å²) in [6.07, 6.45) is 6.28. The van der Waals surface area contributed by atoms with Crippen LogP contribution in [0.4, 0.5) is 0 Å². The van der Waals surface area contributed by atoms with Gasteiger partial charge in [-0.3, -0.25) is 0 Å². The lowest BCUT2D eigenvalue weighted by Crippen LogP contribution is -2.24. The number of nitrogens with one attached hydrogen (secondary N) is 1. The highest BCUT2D eigenvalue weighted by Gasteiger charge is 2.11. The first-order valence-electron chi connectivity index (χ1n) is 7.29. The number of nitrogens with zero attached hydrogens (tertiary/aromatic N) is 4. The molecule has 0 spiro atoms. The molecular weight excluding hydrogens is 314 g/mol. The Kier molecular flexibility index (Phi) is 5.90. The second kappa shape index (κ2) is 7.89. The fourth-order valence-corrected chi connectivity index (χ4v) is 2.17. The van der Waals surface area contributed by atoms with E-state index >= 15 is 0 Å². The summed E-state index contributed by atoms with van der Waals surface area (Å²) >= 11 is 0. The molecular formula is C16H20ClN5O. The van der Waals surface area contributed by atoms with E-state index in [1.807, 2.05) is 29.9 Å². The first-order chi connectivity index (χ1) is 10.7. The molecule has 1 atom stereocenters. The van der Waals surface area contributed by atoms with Crippen LogP contribution in [-0.4, -0.2) is 32.8 Å². The van der Waals surface area contributed by atoms with Crippen molar-refractivity contribution in [3.05, 3.63) is 54.4 Å². The molecule has 1 N–H and O–H groups in total. The minimum atomic E-state index is 0. The van der Waals surface area contributed by atoms with Crippen LogP contribution in [-0.2, 0) is 13.0 Å². The van der Waals surface area contributed by atoms with Gasteiger partial charge in [0.15, 0.2) is 5.82 Å². The maximum atomic E-state index is 5.34. The summed E-state index contributed by atoms with van der Waals surface area (Å²) in [6, 6.07) is 8.46. The van der Waals surface area contributed by atoms with E-state index in [9.17, 15) is 0 Å². The predicted molar refractivity (Wildman–Crippen MR) is 90.5 cm³/mol. The third kappa shape index (κ3) is 4.40. The molecule has 0 aliphatic rings. The highest BCUT2D eigenvalue weighted by molar-refractivity contribution is 5.85. The molecule has 0 saturated heterocycles. The van der Waals surface area contributed by atoms with Gasteiger partial charge in [-0.15, -0.1) is 12.4 Å². The average Bonchev–Trinajstić information content (AvgIpc) is 3.20. The fraction of sp³-hybridized carbons (Fsp3) is 0.312. The van der Waals surface area contributed by atoms with Gasteiger partial charge in [0.25, 0.3) is 5.89 Å². The Morgan fingerprint density at radius 1 is 1.26 bits per heavy atom. The summed E-state index contributed by atoms with van der Waals surface area (Å²) < 4.78 is 7.36. The fourth-order valence-electron chi connectivity index (χ4n) is 2.17. The first-order valence-corrected chi connectivity index (χ1v) is 7.29. The molecule has 1 aromatic carbocycles. The van der Waals surface area contributed by atoms with E-state index in [0.29, 0.717) is 11.9 Å². The number of imidazole rings is 1. The molecule has 0 aliphatic heterocycles. The van der Waals surface area contributed by atoms with Crippen LogP contribution in [0.25, 0.3) is 11.5 Å². The molecule has 2 aromatic heterocycles. The number of aromatic nitrogens is 4. The Morgan fingerprint density at radius 2 is 2.04 bits per heavy atom. The van der Waals surface area contributed by atoms with Gasteiger partial charge >= 0.3 is 0 Å². The zero-order chi connectivity index (χ0) is 15.4. The zero-order valence-electron chi connectivity index (χ0n) is 13.1. The molecule has 0 bridgehead atoms. The van der Waals surface area contributed by atoms with Crippen LogP contribution in [0.15, 0.2) is 47.5 Å². The van der Waals surface area contributed by atoms with E-state index in [0.717, 1.165) is 24.4 Å². The van der Waals surface area contributed by atoms with Gasteiger partial charge in [-0.25, -0.2) is 4.98 Å². The van der Waals surface area contributed by atoms with Crippen molar-refractivity contribution in [2.45, 2.75) is 25.9 Å². The topological polar surface area (TPSA) is 68.8 Å². The van der Waals surface area contributed by atoms with Gasteiger partial charge in [0.05, 0.1) is 6.33 Å². The molecule has 0 fully saturated rings. The molecule has 3 aromatic rings. The number of hydrogen-bond donors (Lipinski definition) is 1. The normalized spacial score (nSPS) is 11.9. The Bertz CT molecular complexity index is 708. The quantitative estimate of drug-likeness (QED) is 0.750. The van der Waals surface area contributed by atoms with Crippen LogP contribution in [0.5, 0.6) is 0 Å². The number of benzene rings is 1. The molecule has 2 heterocycles. The highest BCUT2D eigenvalue weighted by Crippen LogP contribution is 2.18. The van der Waals surface area contributed by atoms with E-state index in [1.54, 1.807) is 12.5 Å². The molecule has 3 rings (SSSR count). The Morgan fingerprint density at radius 3 is 2.70 bits per heavy atom. The lowest BCUT2D eigenvalue weighted by molar-refractivity contribution is 0.418. The van der Waals surface area contributed by atoms with Crippen molar-refractivity contribution in [3.63, 3.8) is 0 Å². The van der Waals surface area contributed by atoms with Gasteiger partial charge in [-0.05, 0) is 31.7 Å². The first kappa shape index (κ1) is 17.2. The number of hydrogen-bond acceptors (Lipinski definition) is 5. The van der Waals surface area contributed by atoms with Crippen molar-refractivity contribution in [1.29, 1.82) is 0 Å². The lowest BCUT2D eigenvalue weighted by Gasteiger charge is -2.04. The third-order valence-electron chi connectivity index (χ3n) is 3.57. The zero-order valence-corrected chi connectivity index (χ0v) is 14.0. The van der Waals surface area contributed by atoms with Gasteiger partial charge in [0.2, 0.25) is 0 Å². The van der Waals surface area contributed by atoms with Crippen molar-refractivity contribution in [3.8, 4) is 11.5 Å². The maximum absolute atomic E-state index is 5.34. The van der Waals surface area contributed by atoms with E-state index in [-0.39, 0.29) is 12.4 Å². The van der Waals surface area contributed by atoms with Crippen molar-refractivity contribution >= 4 is 12.4 Å². The summed E-state index contributed by atoms with van der Waals surface area (Å²) in [4.78, 5) is 8.48. The number of likely N-dealkylation sites (N-methyl/N-ethyl adjacent to an activating group) is 1. The lowest BCUT2D eigenvalue weighted by atomic mass is 10.1. The average molecular weight is 334 g/mol. The minimum absolute atomic E-state index is 0. The second-order valence-electron chi connectivity index (χ2n) is 5.34. The summed E-state index contributed by atoms with van der Waals surface area (Å²) in [5.41, 5.74) is 2.13. The summed E-state index contributed by atoms with van der Waals surface area (Å²) in [5.74, 6) is 1.28. The Hall–Kier alpha value is -2.18. The van der Waals surface area contributed by atoms with Crippen LogP contribution in [0, 0.1) is 0 Å². The predicted octanol–water partition coefficient (Wildman–Crippen LogP) is 2.55. The highest BCUT2D eigenvalue weighted by atomic mass is 35.5. The number of rotatable bonds is 6. The van der Waals surface area contributed by atoms with E-state index in [1.165, 1.54) is 5.56 Å². The van der Waals surface area contributed by atoms with Crippen LogP contribution < -0.4 is 5.32 Å². The van der Waals surface area contributed by atoms with Gasteiger partial charge in [0, 0.05) is 37.0 Å². The SMILES string of the molecule is CNC(C)Cc1noc(-c2ccc(Cn3ccnc3)cc2)n1.Cl. The summed E-state index contributed by atoms with van der Waals surface area (Å²) in [5, 5.41) is 7.19. The summed E-state index contributed by atoms with van der Waals surface area (Å²) in [7, 11) is 1.92. The van der Waals surface area contributed by atoms with Crippen LogP contribution >= 0.6 is 12.4 Å². The van der Waals surface area contributed by atoms with Crippen molar-refractivity contribution in [2.75, 3.05) is 7.05 Å². The van der Waals surface area contributed by atoms with Gasteiger partial charge in [-0.2, -0.15) is 4.98 Å². The van der Waals surface area contributed by atoms with Gasteiger partial charge in [-0.1, -0.05) is 17.3 Å². The monoisotopic (exact) mass is 333 g/mol. The largest absolute Gasteiger partial charge is 0.334 e. The Balaban J connectivity index is 0.00000192. The molecule has 0 radical (unpaired) electrons. The van der Waals surface area contributed by atoms with Crippen LogP contribution in [0.1, 0.15) is 18.3 Å². The molecule has 0 aliphatic carbocycles. The third-order valence-corrected chi connectivity index (χ3v) is 3.57. The van der Waals surface area contributed by atoms with Crippen molar-refractivity contribution in [1.82, 2.24) is 25.0 Å².